The number of thiazole rings is 1. The highest BCUT2D eigenvalue weighted by molar-refractivity contribution is 7.14. The van der Waals surface area contributed by atoms with Crippen LogP contribution in [-0.4, -0.2) is 44.3 Å². The van der Waals surface area contributed by atoms with Crippen LogP contribution in [0.4, 0.5) is 18.3 Å². The van der Waals surface area contributed by atoms with Crippen LogP contribution in [0.25, 0.3) is 0 Å². The van der Waals surface area contributed by atoms with Gasteiger partial charge in [0.05, 0.1) is 0 Å². The minimum Gasteiger partial charge on any atom is -0.476 e. The second-order valence-corrected chi connectivity index (χ2v) is 6.69. The quantitative estimate of drug-likeness (QED) is 0.455. The van der Waals surface area contributed by atoms with Crippen LogP contribution < -0.4 is 5.32 Å². The second-order valence-electron chi connectivity index (χ2n) is 4.29. The summed E-state index contributed by atoms with van der Waals surface area (Å²) in [4.78, 5) is 30.3. The number of carbonyl (C=O) groups is 2. The van der Waals surface area contributed by atoms with Gasteiger partial charge in [0.25, 0.3) is 0 Å². The number of nitrogens with one attached hydrogen (secondary N) is 1. The second kappa shape index (κ2) is 6.13. The molecule has 0 aliphatic heterocycles. The molecule has 1 aromatic heterocycles. The van der Waals surface area contributed by atoms with Gasteiger partial charge in [-0.2, -0.15) is 13.2 Å². The van der Waals surface area contributed by atoms with Crippen molar-refractivity contribution in [2.45, 2.75) is 23.0 Å². The first-order chi connectivity index (χ1) is 10.5. The molecule has 1 heterocycles. The molecule has 23 heavy (non-hydrogen) atoms. The Hall–Kier alpha value is -1.59. The number of halogens is 5. The fourth-order valence-corrected chi connectivity index (χ4v) is 2.27. The van der Waals surface area contributed by atoms with Crippen LogP contribution in [0.1, 0.15) is 12.1 Å². The molecule has 0 radical (unpaired) electrons. The number of carboxylic acids is 1. The fraction of sp³-hybridized carbons (Fsp3) is 0.400. The summed E-state index contributed by atoms with van der Waals surface area (Å²) in [7, 11) is 0. The normalized spacial score (nSPS) is 20.0. The highest BCUT2D eigenvalue weighted by Gasteiger charge is 2.55. The number of rotatable bonds is 5. The first-order valence-electron chi connectivity index (χ1n) is 5.69. The predicted molar refractivity (Wildman–Crippen MR) is 74.9 cm³/mol. The molecule has 2 rings (SSSR count). The molecule has 1 atom stereocenters. The van der Waals surface area contributed by atoms with Crippen LogP contribution in [0.3, 0.4) is 0 Å². The predicted octanol–water partition coefficient (Wildman–Crippen LogP) is 2.40. The lowest BCUT2D eigenvalue weighted by atomic mass is 10.3. The molecule has 13 heteroatoms. The summed E-state index contributed by atoms with van der Waals surface area (Å²) in [6.07, 6.45) is -5.53. The highest BCUT2D eigenvalue weighted by atomic mass is 35.5. The van der Waals surface area contributed by atoms with Gasteiger partial charge in [0, 0.05) is 11.8 Å². The molecule has 2 N–H and O–H groups in total. The van der Waals surface area contributed by atoms with Crippen molar-refractivity contribution >= 4 is 57.3 Å². The highest BCUT2D eigenvalue weighted by Crippen LogP contribution is 2.49. The van der Waals surface area contributed by atoms with Crippen LogP contribution in [0.5, 0.6) is 0 Å². The van der Waals surface area contributed by atoms with Gasteiger partial charge in [-0.1, -0.05) is 28.4 Å². The van der Waals surface area contributed by atoms with Gasteiger partial charge in [-0.25, -0.2) is 9.78 Å². The molecular weight excluding hydrogens is 386 g/mol. The molecule has 0 spiro atoms. The largest absolute Gasteiger partial charge is 0.476 e. The number of amides is 1. The minimum absolute atomic E-state index is 0.246. The van der Waals surface area contributed by atoms with Crippen LogP contribution in [-0.2, 0) is 14.4 Å². The van der Waals surface area contributed by atoms with E-state index in [9.17, 15) is 22.8 Å². The van der Waals surface area contributed by atoms with Crippen molar-refractivity contribution in [3.63, 3.8) is 0 Å². The number of nitrogens with zero attached hydrogens (tertiary/aromatic N) is 2. The Labute approximate surface area is 140 Å². The lowest BCUT2D eigenvalue weighted by molar-refractivity contribution is -0.167. The molecule has 1 aliphatic rings. The molecule has 1 amide bonds. The number of hydrogen-bond donors (Lipinski definition) is 2. The van der Waals surface area contributed by atoms with Crippen LogP contribution in [0.2, 0.25) is 0 Å². The Balaban J connectivity index is 2.11. The molecule has 1 fully saturated rings. The number of oxime groups is 1. The molecule has 7 nitrogen and oxygen atoms in total. The average Bonchev–Trinajstić information content (AvgIpc) is 2.81. The molecule has 0 saturated heterocycles. The summed E-state index contributed by atoms with van der Waals surface area (Å²) < 4.78 is 35.2. The van der Waals surface area contributed by atoms with E-state index in [1.54, 1.807) is 0 Å². The van der Waals surface area contributed by atoms with E-state index in [1.165, 1.54) is 5.32 Å². The number of carboxylic acid groups (broad SMARTS) is 1. The number of aromatic nitrogens is 1. The van der Waals surface area contributed by atoms with E-state index in [0.717, 1.165) is 5.38 Å². The first-order valence-corrected chi connectivity index (χ1v) is 7.33. The maximum atomic E-state index is 12.1. The summed E-state index contributed by atoms with van der Waals surface area (Å²) in [6.45, 7) is 0. The van der Waals surface area contributed by atoms with E-state index in [4.69, 9.17) is 33.1 Å². The van der Waals surface area contributed by atoms with Crippen LogP contribution in [0, 0.1) is 0 Å². The Morgan fingerprint density at radius 3 is 2.61 bits per heavy atom. The van der Waals surface area contributed by atoms with Crippen LogP contribution in [0.15, 0.2) is 10.5 Å². The zero-order valence-electron chi connectivity index (χ0n) is 10.7. The number of hydrogen-bond acceptors (Lipinski definition) is 6. The maximum absolute atomic E-state index is 12.1. The maximum Gasteiger partial charge on any atom is 0.471 e. The first kappa shape index (κ1) is 17.8. The molecular formula is C10H6Cl2F3N3O4S. The van der Waals surface area contributed by atoms with Gasteiger partial charge in [0.15, 0.2) is 15.6 Å². The number of alkyl halides is 5. The van der Waals surface area contributed by atoms with Crippen molar-refractivity contribution in [3.8, 4) is 0 Å². The number of carbonyl (C=O) groups excluding carboxylic acids is 1. The molecule has 0 bridgehead atoms. The summed E-state index contributed by atoms with van der Waals surface area (Å²) in [6, 6.07) is 0. The van der Waals surface area contributed by atoms with Gasteiger partial charge in [-0.15, -0.1) is 11.3 Å². The van der Waals surface area contributed by atoms with E-state index in [2.05, 4.69) is 10.1 Å². The summed E-state index contributed by atoms with van der Waals surface area (Å²) >= 11 is 11.9. The third-order valence-electron chi connectivity index (χ3n) is 2.47. The molecule has 1 aromatic rings. The van der Waals surface area contributed by atoms with Gasteiger partial charge >= 0.3 is 18.1 Å². The van der Waals surface area contributed by atoms with E-state index in [-0.39, 0.29) is 12.1 Å². The smallest absolute Gasteiger partial charge is 0.471 e. The van der Waals surface area contributed by atoms with Crippen LogP contribution >= 0.6 is 34.5 Å². The third kappa shape index (κ3) is 4.45. The van der Waals surface area contributed by atoms with E-state index >= 15 is 0 Å². The Morgan fingerprint density at radius 1 is 1.52 bits per heavy atom. The summed E-state index contributed by atoms with van der Waals surface area (Å²) in [5, 5.41) is 14.5. The third-order valence-corrected chi connectivity index (χ3v) is 4.02. The fourth-order valence-electron chi connectivity index (χ4n) is 1.22. The van der Waals surface area contributed by atoms with Crippen molar-refractivity contribution in [3.05, 3.63) is 11.1 Å². The lowest BCUT2D eigenvalue weighted by Gasteiger charge is -2.04. The number of anilines is 1. The van der Waals surface area contributed by atoms with E-state index in [1.807, 2.05) is 0 Å². The van der Waals surface area contributed by atoms with Gasteiger partial charge in [0.2, 0.25) is 5.71 Å². The molecule has 0 aromatic carbocycles. The Morgan fingerprint density at radius 2 is 2.13 bits per heavy atom. The Bertz CT molecular complexity index is 677. The molecule has 1 unspecified atom stereocenters. The Kier molecular flexibility index (Phi) is 4.74. The molecule has 1 aliphatic carbocycles. The molecule has 1 saturated carbocycles. The van der Waals surface area contributed by atoms with Crippen molar-refractivity contribution < 1.29 is 32.7 Å². The van der Waals surface area contributed by atoms with Crippen molar-refractivity contribution in [2.75, 3.05) is 5.32 Å². The standard InChI is InChI=1S/C10H6Cl2F3N3O4S/c11-9(12)1-4(9)22-18-5(6(19)20)3-2-23-8(16-3)17-7(21)10(13,14)15/h2,4H,1H2,(H,19,20)(H,16,17,21). The lowest BCUT2D eigenvalue weighted by Crippen LogP contribution is -2.29. The monoisotopic (exact) mass is 391 g/mol. The SMILES string of the molecule is O=C(O)C(=NOC1CC1(Cl)Cl)c1csc(NC(=O)C(F)(F)F)n1. The van der Waals surface area contributed by atoms with Crippen molar-refractivity contribution in [1.82, 2.24) is 4.98 Å². The summed E-state index contributed by atoms with van der Waals surface area (Å²) in [5.41, 5.74) is -0.944. The average molecular weight is 392 g/mol. The van der Waals surface area contributed by atoms with Crippen molar-refractivity contribution in [2.24, 2.45) is 5.16 Å². The van der Waals surface area contributed by atoms with Gasteiger partial charge < -0.3 is 9.94 Å². The summed E-state index contributed by atoms with van der Waals surface area (Å²) in [5.74, 6) is -3.75. The van der Waals surface area contributed by atoms with E-state index in [0.29, 0.717) is 11.3 Å². The van der Waals surface area contributed by atoms with Gasteiger partial charge in [-0.3, -0.25) is 10.1 Å². The molecule has 126 valence electrons. The zero-order valence-corrected chi connectivity index (χ0v) is 13.1. The topological polar surface area (TPSA) is 101 Å². The van der Waals surface area contributed by atoms with E-state index < -0.39 is 39.3 Å². The number of aliphatic carboxylic acids is 1. The zero-order chi connectivity index (χ0) is 17.4. The minimum atomic E-state index is -5.09. The van der Waals surface area contributed by atoms with Gasteiger partial charge in [-0.05, 0) is 0 Å². The van der Waals surface area contributed by atoms with Crippen molar-refractivity contribution in [1.29, 1.82) is 0 Å². The van der Waals surface area contributed by atoms with Gasteiger partial charge in [0.1, 0.15) is 5.69 Å².